The zero-order valence-corrected chi connectivity index (χ0v) is 40.6. The number of hydrogen-bond acceptors (Lipinski definition) is 10. The van der Waals surface area contributed by atoms with Gasteiger partial charge in [-0.25, -0.2) is 4.79 Å². The monoisotopic (exact) mass is 921 g/mol. The molecule has 9 rings (SSSR count). The van der Waals surface area contributed by atoms with Crippen molar-refractivity contribution >= 4 is 29.8 Å². The lowest BCUT2D eigenvalue weighted by atomic mass is 9.52. The van der Waals surface area contributed by atoms with Gasteiger partial charge in [0.05, 0.1) is 29.9 Å². The molecule has 2 aromatic rings. The summed E-state index contributed by atoms with van der Waals surface area (Å²) in [6.45, 7) is 12.0. The van der Waals surface area contributed by atoms with Gasteiger partial charge in [0.1, 0.15) is 30.0 Å². The number of hydrogen-bond donors (Lipinski definition) is 2. The Hall–Kier alpha value is -4.36. The topological polar surface area (TPSA) is 153 Å². The number of nitrogens with zero attached hydrogens (tertiary/aromatic N) is 1. The number of benzene rings is 2. The first-order chi connectivity index (χ1) is 31.8. The van der Waals surface area contributed by atoms with Crippen molar-refractivity contribution in [1.29, 1.82) is 0 Å². The van der Waals surface area contributed by atoms with Crippen LogP contribution in [0.15, 0.2) is 71.8 Å². The van der Waals surface area contributed by atoms with Crippen molar-refractivity contribution in [2.75, 3.05) is 13.7 Å². The van der Waals surface area contributed by atoms with E-state index in [0.717, 1.165) is 56.1 Å². The molecule has 9 atom stereocenters. The summed E-state index contributed by atoms with van der Waals surface area (Å²) in [5.74, 6) is -0.893. The summed E-state index contributed by atoms with van der Waals surface area (Å²) in [7, 11) is 1.60. The van der Waals surface area contributed by atoms with Crippen LogP contribution in [0.3, 0.4) is 0 Å². The maximum Gasteiger partial charge on any atom is 0.338 e. The Labute approximate surface area is 396 Å². The van der Waals surface area contributed by atoms with Crippen LogP contribution < -0.4 is 5.32 Å². The van der Waals surface area contributed by atoms with E-state index in [2.05, 4.69) is 32.2 Å². The molecular weight excluding hydrogens is 849 g/mol. The summed E-state index contributed by atoms with van der Waals surface area (Å²) < 4.78 is 31.8. The molecule has 12 heteroatoms. The van der Waals surface area contributed by atoms with Gasteiger partial charge in [-0.15, -0.1) is 0 Å². The molecule has 4 saturated carbocycles. The Balaban J connectivity index is 0.924. The SMILES string of the molecule is CN(C(=O)C1=C[C@H]2OC(C3CC3)(C3CC3)O[C@H]2[C@H](OC(=O)c2ccc(C=C3CCC4O[C@]4(C)CC[C@@H]4[C@@H]3CC4(C)C)cc2)C1)[C@H](Cc1ccccc1)C(=O)N[C@H](CO)CCC(=O)OC(C)(C)C. The molecule has 1 unspecified atom stereocenters. The van der Waals surface area contributed by atoms with Crippen molar-refractivity contribution in [3.05, 3.63) is 88.5 Å². The van der Waals surface area contributed by atoms with Gasteiger partial charge in [0.15, 0.2) is 5.79 Å². The van der Waals surface area contributed by atoms with Crippen LogP contribution in [0, 0.1) is 29.1 Å². The Morgan fingerprint density at radius 1 is 0.925 bits per heavy atom. The zero-order valence-electron chi connectivity index (χ0n) is 40.6. The van der Waals surface area contributed by atoms with Gasteiger partial charge in [-0.3, -0.25) is 14.4 Å². The first-order valence-corrected chi connectivity index (χ1v) is 25.0. The minimum absolute atomic E-state index is 0.000594. The van der Waals surface area contributed by atoms with E-state index in [1.54, 1.807) is 27.8 Å². The number of allylic oxidation sites excluding steroid dienone is 1. The molecule has 12 nitrogen and oxygen atoms in total. The van der Waals surface area contributed by atoms with Crippen LogP contribution in [0.25, 0.3) is 6.08 Å². The number of carbonyl (C=O) groups is 4. The standard InChI is InChI=1S/C55H72N2O10/c1-52(2,3)66-47(59)24-22-40(32-58)56-49(60)43(28-33-11-9-8-10-12-33)57(7)50(61)37-29-44(48-45(30-37)64-55(67-48,38-18-19-38)39-20-21-39)63-51(62)35-15-13-34(14-16-35)27-36-17-23-46-54(6,65-46)26-25-42-41(36)31-53(42,4)5/h8-16,27,30,38-46,48,58H,17-26,28-29,31-32H2,1-7H3,(H,56,60)/t40-,41+,42+,43+,44+,45+,46?,48-,54+/m0/s1. The van der Waals surface area contributed by atoms with Crippen LogP contribution in [0.4, 0.5) is 0 Å². The molecule has 0 aromatic heterocycles. The third-order valence-corrected chi connectivity index (χ3v) is 15.9. The van der Waals surface area contributed by atoms with E-state index >= 15 is 0 Å². The lowest BCUT2D eigenvalue weighted by Gasteiger charge is -2.53. The number of rotatable bonds is 15. The van der Waals surface area contributed by atoms with Gasteiger partial charge in [0, 0.05) is 43.7 Å². The number of fused-ring (bicyclic) bond motifs is 3. The Morgan fingerprint density at radius 3 is 2.27 bits per heavy atom. The second-order valence-electron chi connectivity index (χ2n) is 22.7. The van der Waals surface area contributed by atoms with E-state index < -0.39 is 72.1 Å². The van der Waals surface area contributed by atoms with E-state index in [1.807, 2.05) is 60.7 Å². The summed E-state index contributed by atoms with van der Waals surface area (Å²) in [6.07, 6.45) is 12.4. The minimum Gasteiger partial charge on any atom is -0.460 e. The fourth-order valence-electron chi connectivity index (χ4n) is 11.7. The molecule has 67 heavy (non-hydrogen) atoms. The van der Waals surface area contributed by atoms with Crippen LogP contribution in [0.2, 0.25) is 0 Å². The summed E-state index contributed by atoms with van der Waals surface area (Å²) in [5.41, 5.74) is 3.83. The number of likely N-dealkylation sites (N-methyl/N-ethyl adjacent to an activating group) is 1. The third-order valence-electron chi connectivity index (χ3n) is 15.9. The molecule has 2 aromatic carbocycles. The highest BCUT2D eigenvalue weighted by molar-refractivity contribution is 5.97. The zero-order chi connectivity index (χ0) is 47.5. The van der Waals surface area contributed by atoms with Crippen LogP contribution >= 0.6 is 0 Å². The van der Waals surface area contributed by atoms with Crippen molar-refractivity contribution in [3.63, 3.8) is 0 Å². The van der Waals surface area contributed by atoms with Crippen molar-refractivity contribution < 1.29 is 48.0 Å². The predicted octanol–water partition coefficient (Wildman–Crippen LogP) is 8.29. The second-order valence-corrected chi connectivity index (χ2v) is 22.7. The molecular formula is C55H72N2O10. The quantitative estimate of drug-likeness (QED) is 0.132. The van der Waals surface area contributed by atoms with Crippen molar-refractivity contribution in [2.45, 2.75) is 179 Å². The number of esters is 2. The highest BCUT2D eigenvalue weighted by Crippen LogP contribution is 2.61. The molecule has 2 saturated heterocycles. The number of amides is 2. The molecule has 5 aliphatic carbocycles. The number of nitrogens with one attached hydrogen (secondary N) is 1. The van der Waals surface area contributed by atoms with Crippen LogP contribution in [-0.4, -0.2) is 101 Å². The molecule has 0 spiro atoms. The molecule has 2 N–H and O–H groups in total. The Kier molecular flexibility index (Phi) is 13.2. The number of aliphatic hydroxyl groups is 1. The number of epoxide rings is 1. The minimum atomic E-state index is -0.980. The average molecular weight is 921 g/mol. The summed E-state index contributed by atoms with van der Waals surface area (Å²) >= 11 is 0. The normalized spacial score (nSPS) is 30.9. The Morgan fingerprint density at radius 2 is 1.63 bits per heavy atom. The smallest absolute Gasteiger partial charge is 0.338 e. The molecule has 0 radical (unpaired) electrons. The van der Waals surface area contributed by atoms with E-state index in [0.29, 0.717) is 34.5 Å². The lowest BCUT2D eigenvalue weighted by molar-refractivity contribution is -0.209. The fraction of sp³-hybridized carbons (Fsp3) is 0.636. The van der Waals surface area contributed by atoms with Crippen LogP contribution in [-0.2, 0) is 44.5 Å². The van der Waals surface area contributed by atoms with E-state index in [4.69, 9.17) is 23.7 Å². The van der Waals surface area contributed by atoms with Gasteiger partial charge >= 0.3 is 11.9 Å². The van der Waals surface area contributed by atoms with Crippen LogP contribution in [0.5, 0.6) is 0 Å². The maximum absolute atomic E-state index is 14.8. The van der Waals surface area contributed by atoms with Crippen LogP contribution in [0.1, 0.15) is 140 Å². The van der Waals surface area contributed by atoms with Crippen molar-refractivity contribution in [3.8, 4) is 0 Å². The Bertz CT molecular complexity index is 2230. The van der Waals surface area contributed by atoms with E-state index in [9.17, 15) is 24.3 Å². The van der Waals surface area contributed by atoms with Crippen molar-refractivity contribution in [1.82, 2.24) is 10.2 Å². The summed E-state index contributed by atoms with van der Waals surface area (Å²) in [5, 5.41) is 13.2. The first-order valence-electron chi connectivity index (χ1n) is 25.0. The molecule has 6 fully saturated rings. The molecule has 0 bridgehead atoms. The second kappa shape index (κ2) is 18.5. The van der Waals surface area contributed by atoms with Gasteiger partial charge < -0.3 is 39.0 Å². The molecule has 7 aliphatic rings. The maximum atomic E-state index is 14.8. The molecule has 362 valence electrons. The molecule has 2 amide bonds. The number of ether oxygens (including phenoxy) is 5. The van der Waals surface area contributed by atoms with Gasteiger partial charge in [-0.05, 0) is 138 Å². The predicted molar refractivity (Wildman–Crippen MR) is 252 cm³/mol. The van der Waals surface area contributed by atoms with Gasteiger partial charge in [-0.1, -0.05) is 68.0 Å². The van der Waals surface area contributed by atoms with Gasteiger partial charge in [-0.2, -0.15) is 0 Å². The number of carbonyl (C=O) groups excluding carboxylic acids is 4. The molecule has 2 heterocycles. The van der Waals surface area contributed by atoms with Crippen molar-refractivity contribution in [2.24, 2.45) is 29.1 Å². The highest BCUT2D eigenvalue weighted by atomic mass is 16.8. The lowest BCUT2D eigenvalue weighted by Crippen LogP contribution is -2.53. The molecule has 2 aliphatic heterocycles. The summed E-state index contributed by atoms with van der Waals surface area (Å²) in [6, 6.07) is 15.4. The first kappa shape index (κ1) is 47.7. The summed E-state index contributed by atoms with van der Waals surface area (Å²) in [4.78, 5) is 57.1. The number of aliphatic hydroxyl groups excluding tert-OH is 1. The van der Waals surface area contributed by atoms with E-state index in [1.165, 1.54) is 23.3 Å². The fourth-order valence-corrected chi connectivity index (χ4v) is 11.7. The van der Waals surface area contributed by atoms with Gasteiger partial charge in [0.2, 0.25) is 11.8 Å². The average Bonchev–Trinajstić information content (AvgIpc) is 4.21. The van der Waals surface area contributed by atoms with E-state index in [-0.39, 0.29) is 43.1 Å². The third kappa shape index (κ3) is 10.5. The largest absolute Gasteiger partial charge is 0.460 e. The van der Waals surface area contributed by atoms with Gasteiger partial charge in [0.25, 0.3) is 0 Å². The highest BCUT2D eigenvalue weighted by Gasteiger charge is 2.65.